The highest BCUT2D eigenvalue weighted by Gasteiger charge is 2.19. The number of anilines is 1. The van der Waals surface area contributed by atoms with Gasteiger partial charge in [0.1, 0.15) is 5.56 Å². The van der Waals surface area contributed by atoms with Crippen LogP contribution < -0.4 is 5.32 Å². The predicted molar refractivity (Wildman–Crippen MR) is 104 cm³/mol. The van der Waals surface area contributed by atoms with Crippen molar-refractivity contribution < 1.29 is 9.72 Å². The van der Waals surface area contributed by atoms with Gasteiger partial charge in [-0.25, -0.2) is 9.97 Å². The molecule has 2 aromatic carbocycles. The molecule has 8 heteroatoms. The summed E-state index contributed by atoms with van der Waals surface area (Å²) in [6.07, 6.45) is 3.56. The predicted octanol–water partition coefficient (Wildman–Crippen LogP) is 3.87. The van der Waals surface area contributed by atoms with E-state index in [2.05, 4.69) is 15.3 Å². The van der Waals surface area contributed by atoms with Crippen LogP contribution in [0.25, 0.3) is 17.0 Å². The fraction of sp³-hybridized carbons (Fsp3) is 0.0500. The Morgan fingerprint density at radius 1 is 1.14 bits per heavy atom. The molecule has 4 aromatic rings. The van der Waals surface area contributed by atoms with E-state index < -0.39 is 10.8 Å². The second-order valence-corrected chi connectivity index (χ2v) is 6.14. The van der Waals surface area contributed by atoms with E-state index in [4.69, 9.17) is 0 Å². The highest BCUT2D eigenvalue weighted by atomic mass is 16.6. The van der Waals surface area contributed by atoms with Crippen molar-refractivity contribution in [1.82, 2.24) is 14.4 Å². The minimum Gasteiger partial charge on any atom is -0.322 e. The molecule has 0 saturated heterocycles. The summed E-state index contributed by atoms with van der Waals surface area (Å²) < 4.78 is 1.88. The Kier molecular flexibility index (Phi) is 4.29. The van der Waals surface area contributed by atoms with Gasteiger partial charge in [0, 0.05) is 35.4 Å². The number of hydrogen-bond donors (Lipinski definition) is 1. The van der Waals surface area contributed by atoms with Gasteiger partial charge in [-0.15, -0.1) is 0 Å². The molecule has 0 saturated carbocycles. The van der Waals surface area contributed by atoms with Gasteiger partial charge in [-0.2, -0.15) is 0 Å². The lowest BCUT2D eigenvalue weighted by Gasteiger charge is -2.07. The fourth-order valence-electron chi connectivity index (χ4n) is 3.04. The number of benzene rings is 2. The molecule has 0 aliphatic carbocycles. The zero-order chi connectivity index (χ0) is 19.7. The van der Waals surface area contributed by atoms with Crippen LogP contribution in [0.1, 0.15) is 16.1 Å². The number of nitro benzene ring substituents is 1. The van der Waals surface area contributed by atoms with Gasteiger partial charge in [0.2, 0.25) is 5.78 Å². The SMILES string of the molecule is Cc1c(-c2cccc(NC(=O)c3ccccc3[N+](=O)[O-])c2)nc2ncccn12. The molecule has 0 bridgehead atoms. The Hall–Kier alpha value is -4.07. The van der Waals surface area contributed by atoms with E-state index >= 15 is 0 Å². The van der Waals surface area contributed by atoms with E-state index in [1.54, 1.807) is 30.5 Å². The van der Waals surface area contributed by atoms with E-state index in [0.717, 1.165) is 17.0 Å². The number of nitro groups is 1. The summed E-state index contributed by atoms with van der Waals surface area (Å²) in [6.45, 7) is 1.94. The maximum absolute atomic E-state index is 12.5. The molecular weight excluding hydrogens is 358 g/mol. The van der Waals surface area contributed by atoms with Crippen LogP contribution in [-0.2, 0) is 0 Å². The third-order valence-electron chi connectivity index (χ3n) is 4.38. The molecule has 0 unspecified atom stereocenters. The molecule has 4 rings (SSSR count). The van der Waals surface area contributed by atoms with Gasteiger partial charge in [-0.3, -0.25) is 19.3 Å². The van der Waals surface area contributed by atoms with Crippen LogP contribution in [0.3, 0.4) is 0 Å². The lowest BCUT2D eigenvalue weighted by molar-refractivity contribution is -0.385. The first kappa shape index (κ1) is 17.3. The van der Waals surface area contributed by atoms with Crippen molar-refractivity contribution in [2.45, 2.75) is 6.92 Å². The number of rotatable bonds is 4. The molecule has 138 valence electrons. The first-order chi connectivity index (χ1) is 13.5. The van der Waals surface area contributed by atoms with E-state index in [-0.39, 0.29) is 11.3 Å². The smallest absolute Gasteiger partial charge is 0.282 e. The van der Waals surface area contributed by atoms with Gasteiger partial charge in [0.25, 0.3) is 11.6 Å². The molecule has 0 spiro atoms. The molecule has 0 aliphatic heterocycles. The Bertz CT molecular complexity index is 1220. The van der Waals surface area contributed by atoms with E-state index in [9.17, 15) is 14.9 Å². The second-order valence-electron chi connectivity index (χ2n) is 6.14. The molecule has 28 heavy (non-hydrogen) atoms. The summed E-state index contributed by atoms with van der Waals surface area (Å²) >= 11 is 0. The number of fused-ring (bicyclic) bond motifs is 1. The molecular formula is C20H15N5O3. The number of aryl methyl sites for hydroxylation is 1. The number of aromatic nitrogens is 3. The summed E-state index contributed by atoms with van der Waals surface area (Å²) in [4.78, 5) is 31.9. The molecule has 0 aliphatic rings. The standard InChI is InChI=1S/C20H15N5O3/c1-13-18(23-20-21-10-5-11-24(13)20)14-6-4-7-15(12-14)22-19(26)16-8-2-3-9-17(16)25(27)28/h2-12H,1H3,(H,22,26). The molecule has 0 radical (unpaired) electrons. The van der Waals surface area contributed by atoms with Crippen LogP contribution in [0.4, 0.5) is 11.4 Å². The first-order valence-electron chi connectivity index (χ1n) is 8.49. The van der Waals surface area contributed by atoms with Gasteiger partial charge in [0.15, 0.2) is 0 Å². The molecule has 2 heterocycles. The Morgan fingerprint density at radius 3 is 2.75 bits per heavy atom. The first-order valence-corrected chi connectivity index (χ1v) is 8.49. The van der Waals surface area contributed by atoms with Crippen LogP contribution in [0.5, 0.6) is 0 Å². The number of imidazole rings is 1. The van der Waals surface area contributed by atoms with E-state index in [1.165, 1.54) is 18.2 Å². The zero-order valence-corrected chi connectivity index (χ0v) is 14.9. The summed E-state index contributed by atoms with van der Waals surface area (Å²) in [5.41, 5.74) is 2.77. The minimum absolute atomic E-state index is 0.00557. The lowest BCUT2D eigenvalue weighted by Crippen LogP contribution is -2.13. The topological polar surface area (TPSA) is 102 Å². The van der Waals surface area contributed by atoms with Crippen molar-refractivity contribution >= 4 is 23.1 Å². The van der Waals surface area contributed by atoms with Crippen molar-refractivity contribution in [3.05, 3.63) is 88.4 Å². The van der Waals surface area contributed by atoms with Crippen molar-refractivity contribution in [3.63, 3.8) is 0 Å². The lowest BCUT2D eigenvalue weighted by atomic mass is 10.1. The third kappa shape index (κ3) is 3.07. The van der Waals surface area contributed by atoms with Gasteiger partial charge in [-0.1, -0.05) is 24.3 Å². The maximum Gasteiger partial charge on any atom is 0.282 e. The fourth-order valence-corrected chi connectivity index (χ4v) is 3.04. The normalized spacial score (nSPS) is 10.8. The molecule has 0 atom stereocenters. The molecule has 1 N–H and O–H groups in total. The summed E-state index contributed by atoms with van der Waals surface area (Å²) in [6, 6.07) is 14.8. The van der Waals surface area contributed by atoms with Crippen LogP contribution in [-0.4, -0.2) is 25.2 Å². The van der Waals surface area contributed by atoms with E-state index in [1.807, 2.05) is 29.7 Å². The number of nitrogens with zero attached hydrogens (tertiary/aromatic N) is 4. The summed E-state index contributed by atoms with van der Waals surface area (Å²) in [5.74, 6) is 0.0437. The van der Waals surface area contributed by atoms with Gasteiger partial charge >= 0.3 is 0 Å². The average Bonchev–Trinajstić information content (AvgIpc) is 3.05. The summed E-state index contributed by atoms with van der Waals surface area (Å²) in [7, 11) is 0. The number of hydrogen-bond acceptors (Lipinski definition) is 5. The Morgan fingerprint density at radius 2 is 1.96 bits per heavy atom. The van der Waals surface area contributed by atoms with Gasteiger partial charge in [-0.05, 0) is 31.2 Å². The second kappa shape index (κ2) is 6.92. The Labute approximate surface area is 159 Å². The van der Waals surface area contributed by atoms with Gasteiger partial charge < -0.3 is 5.32 Å². The molecule has 0 fully saturated rings. The quantitative estimate of drug-likeness (QED) is 0.432. The summed E-state index contributed by atoms with van der Waals surface area (Å²) in [5, 5.41) is 13.9. The van der Waals surface area contributed by atoms with Crippen LogP contribution in [0.2, 0.25) is 0 Å². The number of nitrogens with one attached hydrogen (secondary N) is 1. The number of carbonyl (C=O) groups is 1. The average molecular weight is 373 g/mol. The minimum atomic E-state index is -0.571. The van der Waals surface area contributed by atoms with Crippen molar-refractivity contribution in [1.29, 1.82) is 0 Å². The number of amides is 1. The molecule has 2 aromatic heterocycles. The maximum atomic E-state index is 12.5. The number of carbonyl (C=O) groups excluding carboxylic acids is 1. The van der Waals surface area contributed by atoms with Gasteiger partial charge in [0.05, 0.1) is 10.6 Å². The third-order valence-corrected chi connectivity index (χ3v) is 4.38. The molecule has 8 nitrogen and oxygen atoms in total. The highest BCUT2D eigenvalue weighted by Crippen LogP contribution is 2.26. The number of para-hydroxylation sites is 1. The Balaban J connectivity index is 1.67. The van der Waals surface area contributed by atoms with Crippen molar-refractivity contribution in [3.8, 4) is 11.3 Å². The highest BCUT2D eigenvalue weighted by molar-refractivity contribution is 6.07. The van der Waals surface area contributed by atoms with Crippen molar-refractivity contribution in [2.24, 2.45) is 0 Å². The monoisotopic (exact) mass is 373 g/mol. The molecule has 1 amide bonds. The zero-order valence-electron chi connectivity index (χ0n) is 14.9. The van der Waals surface area contributed by atoms with Crippen LogP contribution >= 0.6 is 0 Å². The van der Waals surface area contributed by atoms with Crippen LogP contribution in [0, 0.1) is 17.0 Å². The van der Waals surface area contributed by atoms with Crippen LogP contribution in [0.15, 0.2) is 67.0 Å². The van der Waals surface area contributed by atoms with Crippen molar-refractivity contribution in [2.75, 3.05) is 5.32 Å². The largest absolute Gasteiger partial charge is 0.322 e. The van der Waals surface area contributed by atoms with E-state index in [0.29, 0.717) is 11.5 Å².